The van der Waals surface area contributed by atoms with Crippen molar-refractivity contribution in [2.24, 2.45) is 0 Å². The lowest BCUT2D eigenvalue weighted by atomic mass is 9.99. The van der Waals surface area contributed by atoms with E-state index in [0.29, 0.717) is 0 Å². The fourth-order valence-electron chi connectivity index (χ4n) is 1.38. The van der Waals surface area contributed by atoms with Crippen molar-refractivity contribution in [1.82, 2.24) is 9.80 Å². The molecule has 0 N–H and O–H groups in total. The van der Waals surface area contributed by atoms with Crippen molar-refractivity contribution < 1.29 is 4.79 Å². The van der Waals surface area contributed by atoms with Gasteiger partial charge in [0.2, 0.25) is 5.91 Å². The number of amides is 1. The van der Waals surface area contributed by atoms with Crippen molar-refractivity contribution in [3.05, 3.63) is 0 Å². The molecule has 1 rings (SSSR count). The van der Waals surface area contributed by atoms with Crippen LogP contribution in [0.1, 0.15) is 27.2 Å². The Hall–Kier alpha value is -0.570. The van der Waals surface area contributed by atoms with Gasteiger partial charge in [-0.3, -0.25) is 9.69 Å². The van der Waals surface area contributed by atoms with Gasteiger partial charge in [-0.25, -0.2) is 0 Å². The molecule has 1 atom stereocenters. The fourth-order valence-corrected chi connectivity index (χ4v) is 1.38. The quantitative estimate of drug-likeness (QED) is 0.605. The highest BCUT2D eigenvalue weighted by Crippen LogP contribution is 2.20. The molecule has 76 valence electrons. The third-order valence-corrected chi connectivity index (χ3v) is 2.91. The maximum atomic E-state index is 11.9. The van der Waals surface area contributed by atoms with Crippen LogP contribution in [0.3, 0.4) is 0 Å². The van der Waals surface area contributed by atoms with E-state index in [1.807, 2.05) is 19.0 Å². The molecule has 13 heavy (non-hydrogen) atoms. The molecule has 0 aromatic rings. The Kier molecular flexibility index (Phi) is 2.66. The van der Waals surface area contributed by atoms with Gasteiger partial charge in [-0.1, -0.05) is 0 Å². The number of carbonyl (C=O) groups excluding carboxylic acids is 1. The molecule has 1 fully saturated rings. The van der Waals surface area contributed by atoms with E-state index in [-0.39, 0.29) is 17.5 Å². The molecular weight excluding hydrogens is 164 g/mol. The van der Waals surface area contributed by atoms with Crippen LogP contribution in [0, 0.1) is 0 Å². The Morgan fingerprint density at radius 2 is 2.00 bits per heavy atom. The van der Waals surface area contributed by atoms with Gasteiger partial charge in [0, 0.05) is 19.1 Å². The van der Waals surface area contributed by atoms with Gasteiger partial charge in [0.25, 0.3) is 0 Å². The first-order valence-corrected chi connectivity index (χ1v) is 4.82. The standard InChI is InChI=1S/C10H20N2O/c1-10(2,3)12(5)9(13)8-6-7-11(8)4/h8H,6-7H2,1-5H3/t8-/m1/s1. The molecule has 3 nitrogen and oxygen atoms in total. The number of hydrogen-bond donors (Lipinski definition) is 0. The maximum absolute atomic E-state index is 11.9. The van der Waals surface area contributed by atoms with Gasteiger partial charge >= 0.3 is 0 Å². The lowest BCUT2D eigenvalue weighted by molar-refractivity contribution is -0.143. The van der Waals surface area contributed by atoms with Crippen molar-refractivity contribution in [1.29, 1.82) is 0 Å². The largest absolute Gasteiger partial charge is 0.340 e. The summed E-state index contributed by atoms with van der Waals surface area (Å²) in [5.74, 6) is 0.251. The number of nitrogens with zero attached hydrogens (tertiary/aromatic N) is 2. The van der Waals surface area contributed by atoms with E-state index in [9.17, 15) is 4.79 Å². The van der Waals surface area contributed by atoms with Crippen molar-refractivity contribution in [2.45, 2.75) is 38.8 Å². The Balaban J connectivity index is 2.57. The summed E-state index contributed by atoms with van der Waals surface area (Å²) in [6, 6.07) is 0.129. The van der Waals surface area contributed by atoms with Crippen LogP contribution < -0.4 is 0 Å². The Morgan fingerprint density at radius 3 is 2.23 bits per heavy atom. The molecule has 3 heteroatoms. The smallest absolute Gasteiger partial charge is 0.240 e. The highest BCUT2D eigenvalue weighted by molar-refractivity contribution is 5.83. The van der Waals surface area contributed by atoms with Crippen LogP contribution in [0.4, 0.5) is 0 Å². The molecule has 0 spiro atoms. The minimum absolute atomic E-state index is 0.0620. The summed E-state index contributed by atoms with van der Waals surface area (Å²) in [6.07, 6.45) is 1.01. The molecule has 1 saturated heterocycles. The molecule has 0 bridgehead atoms. The molecule has 1 aliphatic rings. The highest BCUT2D eigenvalue weighted by atomic mass is 16.2. The first-order chi connectivity index (χ1) is 5.84. The normalized spacial score (nSPS) is 23.9. The SMILES string of the molecule is CN1CC[C@@H]1C(=O)N(C)C(C)(C)C. The van der Waals surface area contributed by atoms with Crippen LogP contribution in [-0.4, -0.2) is 47.9 Å². The van der Waals surface area contributed by atoms with Crippen LogP contribution >= 0.6 is 0 Å². The second-order valence-electron chi connectivity index (χ2n) is 4.85. The molecule has 0 unspecified atom stereocenters. The second-order valence-corrected chi connectivity index (χ2v) is 4.85. The van der Waals surface area contributed by atoms with Crippen LogP contribution in [-0.2, 0) is 4.79 Å². The summed E-state index contributed by atoms with van der Waals surface area (Å²) < 4.78 is 0. The second kappa shape index (κ2) is 3.29. The van der Waals surface area contributed by atoms with Gasteiger partial charge in [-0.15, -0.1) is 0 Å². The summed E-state index contributed by atoms with van der Waals surface area (Å²) in [6.45, 7) is 7.23. The predicted octanol–water partition coefficient (Wildman–Crippen LogP) is 0.947. The third-order valence-electron chi connectivity index (χ3n) is 2.91. The maximum Gasteiger partial charge on any atom is 0.240 e. The molecule has 0 radical (unpaired) electrons. The summed E-state index contributed by atoms with van der Waals surface area (Å²) in [4.78, 5) is 15.8. The molecule has 0 saturated carbocycles. The Morgan fingerprint density at radius 1 is 1.46 bits per heavy atom. The minimum Gasteiger partial charge on any atom is -0.340 e. The molecule has 1 heterocycles. The minimum atomic E-state index is -0.0620. The first-order valence-electron chi connectivity index (χ1n) is 4.82. The molecule has 1 aliphatic heterocycles. The lowest BCUT2D eigenvalue weighted by Crippen LogP contribution is -2.57. The van der Waals surface area contributed by atoms with E-state index in [4.69, 9.17) is 0 Å². The summed E-state index contributed by atoms with van der Waals surface area (Å²) in [5.41, 5.74) is -0.0620. The zero-order valence-corrected chi connectivity index (χ0v) is 9.29. The van der Waals surface area contributed by atoms with Crippen LogP contribution in [0.25, 0.3) is 0 Å². The highest BCUT2D eigenvalue weighted by Gasteiger charge is 2.35. The average Bonchev–Trinajstić information content (AvgIpc) is 1.98. The van der Waals surface area contributed by atoms with Gasteiger partial charge in [-0.05, 0) is 34.2 Å². The molecule has 0 aromatic carbocycles. The van der Waals surface area contributed by atoms with Gasteiger partial charge in [-0.2, -0.15) is 0 Å². The Bertz CT molecular complexity index is 207. The van der Waals surface area contributed by atoms with E-state index in [1.165, 1.54) is 0 Å². The van der Waals surface area contributed by atoms with Crippen LogP contribution in [0.5, 0.6) is 0 Å². The monoisotopic (exact) mass is 184 g/mol. The molecule has 0 aromatic heterocycles. The van der Waals surface area contributed by atoms with Crippen molar-refractivity contribution in [3.63, 3.8) is 0 Å². The summed E-state index contributed by atoms with van der Waals surface area (Å²) in [5, 5.41) is 0. The van der Waals surface area contributed by atoms with E-state index in [1.54, 1.807) is 0 Å². The van der Waals surface area contributed by atoms with Gasteiger partial charge in [0.15, 0.2) is 0 Å². The number of likely N-dealkylation sites (N-methyl/N-ethyl adjacent to an activating group) is 2. The number of rotatable bonds is 1. The average molecular weight is 184 g/mol. The molecular formula is C10H20N2O. The van der Waals surface area contributed by atoms with Crippen molar-refractivity contribution in [3.8, 4) is 0 Å². The van der Waals surface area contributed by atoms with Gasteiger partial charge < -0.3 is 4.90 Å². The third kappa shape index (κ3) is 2.02. The first kappa shape index (κ1) is 10.5. The van der Waals surface area contributed by atoms with E-state index in [2.05, 4.69) is 25.7 Å². The fraction of sp³-hybridized carbons (Fsp3) is 0.900. The van der Waals surface area contributed by atoms with E-state index >= 15 is 0 Å². The van der Waals surface area contributed by atoms with E-state index < -0.39 is 0 Å². The molecule has 0 aliphatic carbocycles. The lowest BCUT2D eigenvalue weighted by Gasteiger charge is -2.42. The molecule has 1 amide bonds. The van der Waals surface area contributed by atoms with Crippen LogP contribution in [0.15, 0.2) is 0 Å². The van der Waals surface area contributed by atoms with Crippen LogP contribution in [0.2, 0.25) is 0 Å². The van der Waals surface area contributed by atoms with Gasteiger partial charge in [0.05, 0.1) is 6.04 Å². The Labute approximate surface area is 80.7 Å². The van der Waals surface area contributed by atoms with Crippen molar-refractivity contribution in [2.75, 3.05) is 20.6 Å². The summed E-state index contributed by atoms with van der Waals surface area (Å²) >= 11 is 0. The topological polar surface area (TPSA) is 23.6 Å². The van der Waals surface area contributed by atoms with Crippen molar-refractivity contribution >= 4 is 5.91 Å². The predicted molar refractivity (Wildman–Crippen MR) is 53.6 cm³/mol. The zero-order valence-electron chi connectivity index (χ0n) is 9.29. The summed E-state index contributed by atoms with van der Waals surface area (Å²) in [7, 11) is 3.89. The van der Waals surface area contributed by atoms with Gasteiger partial charge in [0.1, 0.15) is 0 Å². The number of carbonyl (C=O) groups is 1. The zero-order chi connectivity index (χ0) is 10.2. The van der Waals surface area contributed by atoms with E-state index in [0.717, 1.165) is 13.0 Å². The number of likely N-dealkylation sites (tertiary alicyclic amines) is 1. The number of hydrogen-bond acceptors (Lipinski definition) is 2.